The van der Waals surface area contributed by atoms with E-state index in [2.05, 4.69) is 0 Å². The Morgan fingerprint density at radius 1 is 1.36 bits per heavy atom. The van der Waals surface area contributed by atoms with Gasteiger partial charge in [0, 0.05) is 22.1 Å². The van der Waals surface area contributed by atoms with Gasteiger partial charge in [0.25, 0.3) is 0 Å². The van der Waals surface area contributed by atoms with Gasteiger partial charge in [0.05, 0.1) is 5.75 Å². The second-order valence-electron chi connectivity index (χ2n) is 3.11. The molecule has 0 aliphatic rings. The summed E-state index contributed by atoms with van der Waals surface area (Å²) in [5.74, 6) is 0.655. The van der Waals surface area contributed by atoms with Gasteiger partial charge >= 0.3 is 0 Å². The number of aryl methyl sites for hydroxylation is 1. The first kappa shape index (κ1) is 11.1. The van der Waals surface area contributed by atoms with E-state index < -0.39 is 10.8 Å². The average molecular weight is 210 g/mol. The van der Waals surface area contributed by atoms with Crippen molar-refractivity contribution < 1.29 is 9.00 Å². The Morgan fingerprint density at radius 3 is 2.57 bits per heavy atom. The monoisotopic (exact) mass is 210 g/mol. The maximum atomic E-state index is 11.6. The van der Waals surface area contributed by atoms with Gasteiger partial charge in [-0.2, -0.15) is 0 Å². The van der Waals surface area contributed by atoms with E-state index >= 15 is 0 Å². The number of carbonyl (C=O) groups excluding carboxylic acids is 1. The Kier molecular flexibility index (Phi) is 4.01. The molecule has 1 aromatic carbocycles. The van der Waals surface area contributed by atoms with Crippen LogP contribution in [0, 0.1) is 6.92 Å². The van der Waals surface area contributed by atoms with E-state index in [1.807, 2.05) is 32.0 Å². The number of hydrogen-bond acceptors (Lipinski definition) is 2. The largest absolute Gasteiger partial charge is 0.293 e. The molecule has 0 aromatic heterocycles. The van der Waals surface area contributed by atoms with E-state index in [-0.39, 0.29) is 11.5 Å². The molecule has 2 nitrogen and oxygen atoms in total. The van der Waals surface area contributed by atoms with Crippen LogP contribution in [0.15, 0.2) is 24.3 Å². The molecule has 0 aliphatic heterocycles. The second kappa shape index (κ2) is 5.05. The van der Waals surface area contributed by atoms with Crippen molar-refractivity contribution in [3.05, 3.63) is 35.4 Å². The molecule has 76 valence electrons. The van der Waals surface area contributed by atoms with Crippen molar-refractivity contribution in [1.82, 2.24) is 0 Å². The zero-order valence-corrected chi connectivity index (χ0v) is 9.26. The van der Waals surface area contributed by atoms with Crippen molar-refractivity contribution in [2.75, 3.05) is 11.5 Å². The van der Waals surface area contributed by atoms with Crippen LogP contribution in [0.3, 0.4) is 0 Å². The average Bonchev–Trinajstić information content (AvgIpc) is 2.18. The second-order valence-corrected chi connectivity index (χ2v) is 4.86. The Labute approximate surface area is 86.8 Å². The van der Waals surface area contributed by atoms with Gasteiger partial charge in [-0.05, 0) is 12.5 Å². The minimum absolute atomic E-state index is 0.0247. The lowest BCUT2D eigenvalue weighted by molar-refractivity contribution is 0.102. The number of hydrogen-bond donors (Lipinski definition) is 0. The molecule has 0 bridgehead atoms. The number of rotatable bonds is 4. The number of carbonyl (C=O) groups is 1. The van der Waals surface area contributed by atoms with Gasteiger partial charge in [0.2, 0.25) is 0 Å². The highest BCUT2D eigenvalue weighted by Crippen LogP contribution is 2.08. The topological polar surface area (TPSA) is 34.1 Å². The maximum Gasteiger partial charge on any atom is 0.175 e. The third-order valence-electron chi connectivity index (χ3n) is 2.06. The fourth-order valence-corrected chi connectivity index (χ4v) is 1.86. The Bertz CT molecular complexity index is 358. The number of ketones is 1. The standard InChI is InChI=1S/C11H14O2S/c1-3-14(13)8-11(12)10-7-5-4-6-9(10)2/h4-7H,3,8H2,1-2H3. The highest BCUT2D eigenvalue weighted by Gasteiger charge is 2.10. The molecule has 0 fully saturated rings. The third kappa shape index (κ3) is 2.77. The van der Waals surface area contributed by atoms with Crippen molar-refractivity contribution >= 4 is 16.6 Å². The lowest BCUT2D eigenvalue weighted by Gasteiger charge is -2.03. The van der Waals surface area contributed by atoms with Gasteiger partial charge in [-0.25, -0.2) is 0 Å². The summed E-state index contributed by atoms with van der Waals surface area (Å²) in [4.78, 5) is 11.6. The highest BCUT2D eigenvalue weighted by molar-refractivity contribution is 7.85. The zero-order valence-electron chi connectivity index (χ0n) is 8.45. The van der Waals surface area contributed by atoms with E-state index in [0.29, 0.717) is 11.3 Å². The van der Waals surface area contributed by atoms with Gasteiger partial charge in [-0.15, -0.1) is 0 Å². The molecule has 0 amide bonds. The van der Waals surface area contributed by atoms with E-state index in [9.17, 15) is 9.00 Å². The van der Waals surface area contributed by atoms with Crippen LogP contribution in [0.2, 0.25) is 0 Å². The van der Waals surface area contributed by atoms with Crippen molar-refractivity contribution in [1.29, 1.82) is 0 Å². The molecule has 14 heavy (non-hydrogen) atoms. The number of benzene rings is 1. The highest BCUT2D eigenvalue weighted by atomic mass is 32.2. The van der Waals surface area contributed by atoms with Crippen LogP contribution >= 0.6 is 0 Å². The van der Waals surface area contributed by atoms with Gasteiger partial charge in [-0.1, -0.05) is 31.2 Å². The van der Waals surface area contributed by atoms with Crippen LogP contribution in [0.25, 0.3) is 0 Å². The van der Waals surface area contributed by atoms with E-state index in [1.165, 1.54) is 0 Å². The molecular weight excluding hydrogens is 196 g/mol. The molecule has 0 saturated heterocycles. The Morgan fingerprint density at radius 2 is 2.00 bits per heavy atom. The lowest BCUT2D eigenvalue weighted by atomic mass is 10.1. The van der Waals surface area contributed by atoms with Crippen LogP contribution in [-0.4, -0.2) is 21.5 Å². The third-order valence-corrected chi connectivity index (χ3v) is 3.29. The van der Waals surface area contributed by atoms with Crippen LogP contribution in [0.4, 0.5) is 0 Å². The van der Waals surface area contributed by atoms with Gasteiger partial charge in [0.15, 0.2) is 5.78 Å². The van der Waals surface area contributed by atoms with Crippen LogP contribution in [-0.2, 0) is 10.8 Å². The zero-order chi connectivity index (χ0) is 10.6. The minimum atomic E-state index is -1.02. The molecule has 1 aromatic rings. The minimum Gasteiger partial charge on any atom is -0.293 e. The normalized spacial score (nSPS) is 12.4. The summed E-state index contributed by atoms with van der Waals surface area (Å²) in [5.41, 5.74) is 1.64. The van der Waals surface area contributed by atoms with Crippen LogP contribution in [0.5, 0.6) is 0 Å². The maximum absolute atomic E-state index is 11.6. The summed E-state index contributed by atoms with van der Waals surface area (Å²) in [7, 11) is -1.02. The van der Waals surface area contributed by atoms with Crippen LogP contribution in [0.1, 0.15) is 22.8 Å². The molecule has 3 heteroatoms. The van der Waals surface area contributed by atoms with Crippen molar-refractivity contribution in [3.8, 4) is 0 Å². The SMILES string of the molecule is CCS(=O)CC(=O)c1ccccc1C. The molecule has 0 aliphatic carbocycles. The number of Topliss-reactive ketones (excluding diaryl/α,β-unsaturated/α-hetero) is 1. The fourth-order valence-electron chi connectivity index (χ4n) is 1.21. The van der Waals surface area contributed by atoms with Crippen LogP contribution < -0.4 is 0 Å². The van der Waals surface area contributed by atoms with Crippen molar-refractivity contribution in [3.63, 3.8) is 0 Å². The Hall–Kier alpha value is -0.960. The molecular formula is C11H14O2S. The molecule has 0 heterocycles. The van der Waals surface area contributed by atoms with Gasteiger partial charge < -0.3 is 0 Å². The predicted molar refractivity (Wildman–Crippen MR) is 59.1 cm³/mol. The summed E-state index contributed by atoms with van der Waals surface area (Å²) >= 11 is 0. The summed E-state index contributed by atoms with van der Waals surface area (Å²) < 4.78 is 11.2. The first-order valence-corrected chi connectivity index (χ1v) is 6.07. The van der Waals surface area contributed by atoms with Crippen molar-refractivity contribution in [2.24, 2.45) is 0 Å². The fraction of sp³-hybridized carbons (Fsp3) is 0.364. The molecule has 0 N–H and O–H groups in total. The molecule has 0 saturated carbocycles. The Balaban J connectivity index is 2.80. The smallest absolute Gasteiger partial charge is 0.175 e. The van der Waals surface area contributed by atoms with E-state index in [1.54, 1.807) is 6.07 Å². The molecule has 1 rings (SSSR count). The molecule has 1 unspecified atom stereocenters. The molecule has 0 radical (unpaired) electrons. The quantitative estimate of drug-likeness (QED) is 0.712. The molecule has 0 spiro atoms. The summed E-state index contributed by atoms with van der Waals surface area (Å²) in [6, 6.07) is 7.39. The van der Waals surface area contributed by atoms with E-state index in [0.717, 1.165) is 5.56 Å². The van der Waals surface area contributed by atoms with Crippen molar-refractivity contribution in [2.45, 2.75) is 13.8 Å². The molecule has 1 atom stereocenters. The summed E-state index contributed by atoms with van der Waals surface area (Å²) in [5, 5.41) is 0. The van der Waals surface area contributed by atoms with Gasteiger partial charge in [-0.3, -0.25) is 9.00 Å². The summed E-state index contributed by atoms with van der Waals surface area (Å²) in [6.07, 6.45) is 0. The van der Waals surface area contributed by atoms with Gasteiger partial charge in [0.1, 0.15) is 0 Å². The first-order chi connectivity index (χ1) is 6.65. The summed E-state index contributed by atoms with van der Waals surface area (Å²) in [6.45, 7) is 3.71. The van der Waals surface area contributed by atoms with E-state index in [4.69, 9.17) is 0 Å². The lowest BCUT2D eigenvalue weighted by Crippen LogP contribution is -2.13. The first-order valence-electron chi connectivity index (χ1n) is 4.59. The predicted octanol–water partition coefficient (Wildman–Crippen LogP) is 1.95.